The van der Waals surface area contributed by atoms with Crippen molar-refractivity contribution in [2.75, 3.05) is 0 Å². The molecule has 0 amide bonds. The van der Waals surface area contributed by atoms with Crippen molar-refractivity contribution in [2.45, 2.75) is 0 Å². The number of hydrogen-bond acceptors (Lipinski definition) is 3. The second-order valence-electron chi connectivity index (χ2n) is 13.6. The summed E-state index contributed by atoms with van der Waals surface area (Å²) in [6.07, 6.45) is 0. The van der Waals surface area contributed by atoms with Gasteiger partial charge in [-0.2, -0.15) is 36.4 Å². The van der Waals surface area contributed by atoms with Gasteiger partial charge in [-0.25, -0.2) is 16.1 Å². The summed E-state index contributed by atoms with van der Waals surface area (Å²) >= 11 is 1.80. The Kier molecular flexibility index (Phi) is 9.93. The molecule has 56 heavy (non-hydrogen) atoms. The molecule has 0 unspecified atom stereocenters. The molecule has 2 nitrogen and oxygen atoms in total. The van der Waals surface area contributed by atoms with Crippen molar-refractivity contribution in [3.05, 3.63) is 206 Å². The first kappa shape index (κ1) is 36.3. The van der Waals surface area contributed by atoms with Gasteiger partial charge in [0.1, 0.15) is 0 Å². The van der Waals surface area contributed by atoms with E-state index in [9.17, 15) is 4.57 Å². The summed E-state index contributed by atoms with van der Waals surface area (Å²) in [5, 5.41) is 6.12. The summed E-state index contributed by atoms with van der Waals surface area (Å²) in [5.41, 5.74) is 9.39. The third-order valence-electron chi connectivity index (χ3n) is 10.4. The average Bonchev–Trinajstić information content (AvgIpc) is 3.67. The number of thiophene rings is 1. The first-order valence-corrected chi connectivity index (χ1v) is 20.8. The van der Waals surface area contributed by atoms with Crippen LogP contribution in [0.5, 0.6) is 0 Å². The maximum Gasteiger partial charge on any atom is 2.00 e. The van der Waals surface area contributed by atoms with Crippen LogP contribution in [0.4, 0.5) is 0 Å². The molecule has 10 rings (SSSR count). The van der Waals surface area contributed by atoms with Crippen LogP contribution in [0.25, 0.3) is 75.7 Å². The molecule has 8 aromatic carbocycles. The molecule has 5 heteroatoms. The fourth-order valence-corrected chi connectivity index (χ4v) is 11.6. The van der Waals surface area contributed by atoms with E-state index in [4.69, 9.17) is 4.98 Å². The minimum atomic E-state index is -3.04. The van der Waals surface area contributed by atoms with Gasteiger partial charge in [0.25, 0.3) is 0 Å². The molecule has 0 saturated heterocycles. The van der Waals surface area contributed by atoms with Crippen molar-refractivity contribution in [1.29, 1.82) is 0 Å². The van der Waals surface area contributed by atoms with Gasteiger partial charge in [-0.1, -0.05) is 145 Å². The molecule has 2 heterocycles. The summed E-state index contributed by atoms with van der Waals surface area (Å²) in [6.45, 7) is 0. The molecule has 0 aliphatic carbocycles. The third kappa shape index (κ3) is 6.38. The van der Waals surface area contributed by atoms with Gasteiger partial charge in [0, 0.05) is 42.3 Å². The van der Waals surface area contributed by atoms with Crippen LogP contribution in [0.1, 0.15) is 0 Å². The number of aromatic nitrogens is 1. The van der Waals surface area contributed by atoms with E-state index < -0.39 is 7.14 Å². The quantitative estimate of drug-likeness (QED) is 0.118. The van der Waals surface area contributed by atoms with Gasteiger partial charge in [-0.05, 0) is 23.3 Å². The van der Waals surface area contributed by atoms with Crippen molar-refractivity contribution < 1.29 is 35.7 Å². The largest absolute Gasteiger partial charge is 2.00 e. The summed E-state index contributed by atoms with van der Waals surface area (Å²) in [5.74, 6) is 0. The zero-order valence-corrected chi connectivity index (χ0v) is 36.1. The van der Waals surface area contributed by atoms with Crippen molar-refractivity contribution in [1.82, 2.24) is 4.98 Å². The number of fused-ring (bicyclic) bond motifs is 5. The Bertz CT molecular complexity index is 2990. The van der Waals surface area contributed by atoms with E-state index in [0.29, 0.717) is 0 Å². The predicted molar refractivity (Wildman–Crippen MR) is 233 cm³/mol. The minimum absolute atomic E-state index is 0. The molecular weight excluding hydrogens is 944 g/mol. The van der Waals surface area contributed by atoms with E-state index in [0.717, 1.165) is 71.5 Å². The van der Waals surface area contributed by atoms with Crippen LogP contribution in [0.15, 0.2) is 194 Å². The van der Waals surface area contributed by atoms with Crippen LogP contribution in [-0.2, 0) is 4.57 Å². The van der Waals surface area contributed by atoms with Gasteiger partial charge in [0.05, 0.1) is 15.9 Å². The number of pyridine rings is 1. The van der Waals surface area contributed by atoms with E-state index in [1.165, 1.54) is 20.2 Å². The van der Waals surface area contributed by atoms with Gasteiger partial charge >= 0.3 is 31.1 Å². The maximum absolute atomic E-state index is 14.9. The molecular formula is C51H32NOPSU. The maximum atomic E-state index is 14.9. The Morgan fingerprint density at radius 1 is 0.500 bits per heavy atom. The van der Waals surface area contributed by atoms with E-state index in [2.05, 4.69) is 103 Å². The first-order chi connectivity index (χ1) is 27.1. The molecule has 0 bridgehead atoms. The Morgan fingerprint density at radius 2 is 1.09 bits per heavy atom. The van der Waals surface area contributed by atoms with Crippen LogP contribution < -0.4 is 15.9 Å². The number of hydrogen-bond donors (Lipinski definition) is 0. The Balaban J connectivity index is 0.00000410. The number of rotatable bonds is 7. The van der Waals surface area contributed by atoms with E-state index in [1.807, 2.05) is 103 Å². The Morgan fingerprint density at radius 3 is 1.79 bits per heavy atom. The van der Waals surface area contributed by atoms with Gasteiger partial charge in [-0.15, -0.1) is 35.1 Å². The number of benzene rings is 8. The van der Waals surface area contributed by atoms with Crippen LogP contribution in [0.2, 0.25) is 0 Å². The van der Waals surface area contributed by atoms with Crippen LogP contribution in [-0.4, -0.2) is 4.98 Å². The minimum Gasteiger partial charge on any atom is -0.309 e. The second kappa shape index (κ2) is 15.3. The van der Waals surface area contributed by atoms with Gasteiger partial charge < -0.3 is 4.57 Å². The van der Waals surface area contributed by atoms with E-state index in [1.54, 1.807) is 11.3 Å². The summed E-state index contributed by atoms with van der Waals surface area (Å²) in [6, 6.07) is 73.0. The van der Waals surface area contributed by atoms with Crippen LogP contribution >= 0.6 is 18.5 Å². The molecule has 0 radical (unpaired) electrons. The zero-order chi connectivity index (χ0) is 36.8. The molecule has 0 spiro atoms. The SMILES string of the molecule is O=P(c1ccccc1)(c1ccccc1)c1ccc(-c2ccc(-c3nc4cc(-c5ccc[c-]c5-c5[c-]cccc5)ccc4c4c3sc3ccccc34)cc2)cc1.[U+2]. The molecule has 2 aromatic heterocycles. The van der Waals surface area contributed by atoms with Crippen molar-refractivity contribution >= 4 is 65.5 Å². The van der Waals surface area contributed by atoms with Crippen molar-refractivity contribution in [2.24, 2.45) is 0 Å². The molecule has 0 N–H and O–H groups in total. The first-order valence-electron chi connectivity index (χ1n) is 18.3. The molecule has 0 atom stereocenters. The van der Waals surface area contributed by atoms with Crippen molar-refractivity contribution in [3.8, 4) is 44.6 Å². The zero-order valence-electron chi connectivity index (χ0n) is 30.2. The smallest absolute Gasteiger partial charge is 0.309 e. The summed E-state index contributed by atoms with van der Waals surface area (Å²) in [4.78, 5) is 5.42. The molecule has 262 valence electrons. The van der Waals surface area contributed by atoms with Gasteiger partial charge in [-0.3, -0.25) is 0 Å². The van der Waals surface area contributed by atoms with Crippen LogP contribution in [0, 0.1) is 43.2 Å². The number of nitrogens with zero attached hydrogens (tertiary/aromatic N) is 1. The molecule has 0 aliphatic heterocycles. The third-order valence-corrected chi connectivity index (χ3v) is 14.7. The average molecular weight is 976 g/mol. The van der Waals surface area contributed by atoms with Gasteiger partial charge in [0.2, 0.25) is 0 Å². The molecule has 0 fully saturated rings. The van der Waals surface area contributed by atoms with E-state index in [-0.39, 0.29) is 31.1 Å². The predicted octanol–water partition coefficient (Wildman–Crippen LogP) is 12.5. The standard InChI is InChI=1S/C51H32NOPS.U/c53-54(40-16-6-2-7-17-40,41-18-8-3-9-19-41)42-31-28-36(29-32-42)35-24-26-38(27-25-35)50-51-49(46-22-12-13-23-48(46)55-51)45-33-30-39(34-47(45)52-50)44-21-11-10-20-43(44)37-14-4-1-5-15-37;/h1-14,16-19,21-34H;/q-2;+2. The summed E-state index contributed by atoms with van der Waals surface area (Å²) < 4.78 is 17.3. The normalized spacial score (nSPS) is 11.5. The topological polar surface area (TPSA) is 30.0 Å². The Hall–Kier alpha value is -5.33. The molecule has 10 aromatic rings. The fraction of sp³-hybridized carbons (Fsp3) is 0. The van der Waals surface area contributed by atoms with Crippen LogP contribution in [0.3, 0.4) is 0 Å². The monoisotopic (exact) mass is 975 g/mol. The van der Waals surface area contributed by atoms with Gasteiger partial charge in [0.15, 0.2) is 7.14 Å². The summed E-state index contributed by atoms with van der Waals surface area (Å²) in [7, 11) is -3.04. The second-order valence-corrected chi connectivity index (χ2v) is 17.5. The molecule has 0 aliphatic rings. The van der Waals surface area contributed by atoms with Crippen molar-refractivity contribution in [3.63, 3.8) is 0 Å². The fourth-order valence-electron chi connectivity index (χ4n) is 7.71. The molecule has 0 saturated carbocycles. The Labute approximate surface area is 354 Å². The van der Waals surface area contributed by atoms with E-state index >= 15 is 0 Å².